The third-order valence-electron chi connectivity index (χ3n) is 3.26. The molecule has 100 valence electrons. The molecule has 0 saturated heterocycles. The Hall–Kier alpha value is -0.940. The normalized spacial score (nSPS) is 14.2. The molecule has 0 spiro atoms. The maximum Gasteiger partial charge on any atom is 0.126 e. The van der Waals surface area contributed by atoms with Crippen LogP contribution in [0.15, 0.2) is 42.5 Å². The number of halogens is 2. The molecule has 0 aromatic heterocycles. The Balaban J connectivity index is 2.26. The Kier molecular flexibility index (Phi) is 4.26. The lowest BCUT2D eigenvalue weighted by atomic mass is 9.88. The van der Waals surface area contributed by atoms with Crippen molar-refractivity contribution in [1.29, 1.82) is 0 Å². The van der Waals surface area contributed by atoms with Crippen molar-refractivity contribution in [3.63, 3.8) is 0 Å². The van der Waals surface area contributed by atoms with Gasteiger partial charge in [0.1, 0.15) is 5.82 Å². The number of hydrogen-bond donors (Lipinski definition) is 1. The molecule has 0 saturated carbocycles. The van der Waals surface area contributed by atoms with Crippen LogP contribution >= 0.6 is 22.6 Å². The number of hydrogen-bond acceptors (Lipinski definition) is 1. The van der Waals surface area contributed by atoms with E-state index in [9.17, 15) is 9.50 Å². The summed E-state index contributed by atoms with van der Waals surface area (Å²) in [6.45, 7) is 3.43. The molecule has 2 aromatic rings. The summed E-state index contributed by atoms with van der Waals surface area (Å²) in [4.78, 5) is 0. The van der Waals surface area contributed by atoms with Gasteiger partial charge in [-0.3, -0.25) is 0 Å². The summed E-state index contributed by atoms with van der Waals surface area (Å²) in [7, 11) is 0. The quantitative estimate of drug-likeness (QED) is 0.804. The molecule has 1 N–H and O–H groups in total. The summed E-state index contributed by atoms with van der Waals surface area (Å²) >= 11 is 2.24. The maximum absolute atomic E-state index is 13.6. The van der Waals surface area contributed by atoms with Crippen LogP contribution in [0.4, 0.5) is 4.39 Å². The minimum Gasteiger partial charge on any atom is -0.385 e. The highest BCUT2D eigenvalue weighted by Crippen LogP contribution is 2.27. The zero-order valence-electron chi connectivity index (χ0n) is 11.0. The lowest BCUT2D eigenvalue weighted by Crippen LogP contribution is -2.24. The fourth-order valence-corrected chi connectivity index (χ4v) is 2.39. The Morgan fingerprint density at radius 3 is 2.37 bits per heavy atom. The average molecular weight is 370 g/mol. The van der Waals surface area contributed by atoms with E-state index >= 15 is 0 Å². The van der Waals surface area contributed by atoms with Gasteiger partial charge in [-0.2, -0.15) is 0 Å². The molecule has 0 aliphatic heterocycles. The molecule has 0 heterocycles. The van der Waals surface area contributed by atoms with Crippen molar-refractivity contribution < 1.29 is 9.50 Å². The number of rotatable bonds is 3. The van der Waals surface area contributed by atoms with Crippen molar-refractivity contribution >= 4 is 22.6 Å². The minimum absolute atomic E-state index is 0.277. The molecule has 0 radical (unpaired) electrons. The van der Waals surface area contributed by atoms with Gasteiger partial charge in [-0.15, -0.1) is 0 Å². The van der Waals surface area contributed by atoms with Crippen LogP contribution in [0, 0.1) is 16.3 Å². The second-order valence-corrected chi connectivity index (χ2v) is 6.29. The van der Waals surface area contributed by atoms with Crippen molar-refractivity contribution in [3.05, 3.63) is 68.5 Å². The van der Waals surface area contributed by atoms with Crippen LogP contribution < -0.4 is 0 Å². The van der Waals surface area contributed by atoms with Gasteiger partial charge in [0.2, 0.25) is 0 Å². The Labute approximate surface area is 126 Å². The first-order chi connectivity index (χ1) is 8.88. The largest absolute Gasteiger partial charge is 0.385 e. The molecule has 1 nitrogen and oxygen atoms in total. The fourth-order valence-electron chi connectivity index (χ4n) is 2.03. The molecule has 2 aromatic carbocycles. The van der Waals surface area contributed by atoms with Gasteiger partial charge in [0.15, 0.2) is 0 Å². The van der Waals surface area contributed by atoms with Gasteiger partial charge in [-0.05, 0) is 71.3 Å². The van der Waals surface area contributed by atoms with Gasteiger partial charge in [-0.25, -0.2) is 4.39 Å². The van der Waals surface area contributed by atoms with E-state index in [1.807, 2.05) is 24.3 Å². The second kappa shape index (κ2) is 5.59. The van der Waals surface area contributed by atoms with E-state index in [0.29, 0.717) is 17.5 Å². The summed E-state index contributed by atoms with van der Waals surface area (Å²) in [6.07, 6.45) is 0.465. The molecular formula is C16H16FIO. The third-order valence-corrected chi connectivity index (χ3v) is 3.97. The fraction of sp³-hybridized carbons (Fsp3) is 0.250. The van der Waals surface area contributed by atoms with Crippen molar-refractivity contribution in [2.24, 2.45) is 0 Å². The third kappa shape index (κ3) is 3.54. The zero-order chi connectivity index (χ0) is 14.0. The van der Waals surface area contributed by atoms with Crippen LogP contribution in [0.1, 0.15) is 23.6 Å². The van der Waals surface area contributed by atoms with Gasteiger partial charge in [0.25, 0.3) is 0 Å². The Morgan fingerprint density at radius 2 is 1.79 bits per heavy atom. The molecule has 0 aliphatic carbocycles. The van der Waals surface area contributed by atoms with Gasteiger partial charge in [-0.1, -0.05) is 24.3 Å². The van der Waals surface area contributed by atoms with Crippen molar-refractivity contribution in [1.82, 2.24) is 0 Å². The molecule has 0 amide bonds. The Morgan fingerprint density at radius 1 is 1.16 bits per heavy atom. The predicted molar refractivity (Wildman–Crippen MR) is 83.6 cm³/mol. The molecular weight excluding hydrogens is 354 g/mol. The second-order valence-electron chi connectivity index (χ2n) is 5.04. The number of aliphatic hydroxyl groups is 1. The summed E-state index contributed by atoms with van der Waals surface area (Å²) in [5.74, 6) is -0.277. The van der Waals surface area contributed by atoms with Crippen molar-refractivity contribution in [3.8, 4) is 0 Å². The monoisotopic (exact) mass is 370 g/mol. The van der Waals surface area contributed by atoms with E-state index in [2.05, 4.69) is 22.6 Å². The average Bonchev–Trinajstić information content (AvgIpc) is 2.35. The van der Waals surface area contributed by atoms with Crippen LogP contribution in [0.3, 0.4) is 0 Å². The summed E-state index contributed by atoms with van der Waals surface area (Å²) < 4.78 is 14.7. The molecule has 0 bridgehead atoms. The first kappa shape index (κ1) is 14.5. The highest BCUT2D eigenvalue weighted by molar-refractivity contribution is 14.1. The maximum atomic E-state index is 13.6. The highest BCUT2D eigenvalue weighted by Gasteiger charge is 2.24. The van der Waals surface area contributed by atoms with E-state index in [0.717, 1.165) is 9.13 Å². The molecule has 1 unspecified atom stereocenters. The number of aryl methyl sites for hydroxylation is 1. The van der Waals surface area contributed by atoms with E-state index in [1.54, 1.807) is 26.0 Å². The summed E-state index contributed by atoms with van der Waals surface area (Å²) in [5.41, 5.74) is 1.16. The van der Waals surface area contributed by atoms with Gasteiger partial charge < -0.3 is 5.11 Å². The van der Waals surface area contributed by atoms with E-state index < -0.39 is 5.60 Å². The van der Waals surface area contributed by atoms with E-state index in [1.165, 1.54) is 6.07 Å². The predicted octanol–water partition coefficient (Wildman–Crippen LogP) is 4.19. The first-order valence-corrected chi connectivity index (χ1v) is 7.20. The zero-order valence-corrected chi connectivity index (χ0v) is 13.1. The van der Waals surface area contributed by atoms with Crippen LogP contribution in [0.5, 0.6) is 0 Å². The standard InChI is InChI=1S/C16H16FIO/c1-11-3-6-13(9-15(11)17)16(2,19)10-12-4-7-14(18)8-5-12/h3-9,19H,10H2,1-2H3. The van der Waals surface area contributed by atoms with Crippen LogP contribution in [-0.4, -0.2) is 5.11 Å². The lowest BCUT2D eigenvalue weighted by molar-refractivity contribution is 0.0573. The highest BCUT2D eigenvalue weighted by atomic mass is 127. The number of benzene rings is 2. The lowest BCUT2D eigenvalue weighted by Gasteiger charge is -2.24. The van der Waals surface area contributed by atoms with Crippen molar-refractivity contribution in [2.45, 2.75) is 25.9 Å². The molecule has 1 atom stereocenters. The molecule has 2 rings (SSSR count). The smallest absolute Gasteiger partial charge is 0.126 e. The van der Waals surface area contributed by atoms with E-state index in [4.69, 9.17) is 0 Å². The topological polar surface area (TPSA) is 20.2 Å². The molecule has 19 heavy (non-hydrogen) atoms. The first-order valence-electron chi connectivity index (χ1n) is 6.12. The van der Waals surface area contributed by atoms with Gasteiger partial charge in [0.05, 0.1) is 5.60 Å². The molecule has 0 aliphatic rings. The molecule has 3 heteroatoms. The van der Waals surface area contributed by atoms with Gasteiger partial charge in [0, 0.05) is 9.99 Å². The van der Waals surface area contributed by atoms with Crippen molar-refractivity contribution in [2.75, 3.05) is 0 Å². The Bertz CT molecular complexity index is 576. The van der Waals surface area contributed by atoms with Crippen LogP contribution in [-0.2, 0) is 12.0 Å². The summed E-state index contributed by atoms with van der Waals surface area (Å²) in [5, 5.41) is 10.6. The SMILES string of the molecule is Cc1ccc(C(C)(O)Cc2ccc(I)cc2)cc1F. The van der Waals surface area contributed by atoms with Crippen LogP contribution in [0.2, 0.25) is 0 Å². The van der Waals surface area contributed by atoms with Gasteiger partial charge >= 0.3 is 0 Å². The molecule has 0 fully saturated rings. The van der Waals surface area contributed by atoms with Crippen LogP contribution in [0.25, 0.3) is 0 Å². The minimum atomic E-state index is -1.07. The van der Waals surface area contributed by atoms with E-state index in [-0.39, 0.29) is 5.82 Å². The summed E-state index contributed by atoms with van der Waals surface area (Å²) in [6, 6.07) is 12.9.